The summed E-state index contributed by atoms with van der Waals surface area (Å²) in [5.41, 5.74) is 6.55. The first-order valence-corrected chi connectivity index (χ1v) is 7.22. The predicted octanol–water partition coefficient (Wildman–Crippen LogP) is -1.54. The number of ketones is 2. The van der Waals surface area contributed by atoms with Crippen molar-refractivity contribution in [1.82, 2.24) is 14.7 Å². The van der Waals surface area contributed by atoms with Crippen molar-refractivity contribution in [2.45, 2.75) is 13.2 Å². The van der Waals surface area contributed by atoms with E-state index in [1.807, 2.05) is 14.7 Å². The van der Waals surface area contributed by atoms with Gasteiger partial charge in [-0.15, -0.1) is 0 Å². The first-order valence-electron chi connectivity index (χ1n) is 7.22. The molecule has 3 N–H and O–H groups in total. The Morgan fingerprint density at radius 3 is 1.86 bits per heavy atom. The van der Waals surface area contributed by atoms with E-state index in [9.17, 15) is 9.59 Å². The standard InChI is InChI=1S/C12H13N3O2.C2H7NO/c16-9-7-8(13-1-2-13)12(17)11(15-5-6-15)10(9)14-3-4-14;1-2(3)4/h7H,1-6H2;2,4H,3H2,1H3. The quantitative estimate of drug-likeness (QED) is 0.370. The van der Waals surface area contributed by atoms with Gasteiger partial charge >= 0.3 is 0 Å². The number of aliphatic hydroxyl groups excluding tert-OH is 1. The van der Waals surface area contributed by atoms with Gasteiger partial charge in [-0.05, 0) is 6.92 Å². The molecule has 0 aromatic carbocycles. The molecule has 1 aliphatic carbocycles. The number of hydrogen-bond acceptors (Lipinski definition) is 7. The Morgan fingerprint density at radius 2 is 1.43 bits per heavy atom. The molecule has 3 heterocycles. The molecule has 7 nitrogen and oxygen atoms in total. The molecule has 3 saturated heterocycles. The number of aliphatic hydroxyl groups is 1. The molecule has 0 aromatic rings. The molecule has 1 atom stereocenters. The fourth-order valence-electron chi connectivity index (χ4n) is 2.28. The lowest BCUT2D eigenvalue weighted by Crippen LogP contribution is -2.29. The predicted molar refractivity (Wildman–Crippen MR) is 75.7 cm³/mol. The second-order valence-corrected chi connectivity index (χ2v) is 5.62. The first-order chi connectivity index (χ1) is 9.99. The van der Waals surface area contributed by atoms with Gasteiger partial charge in [-0.2, -0.15) is 0 Å². The van der Waals surface area contributed by atoms with Crippen LogP contribution in [0.15, 0.2) is 23.2 Å². The van der Waals surface area contributed by atoms with E-state index in [-0.39, 0.29) is 11.6 Å². The number of allylic oxidation sites excluding steroid dienone is 1. The normalized spacial score (nSPS) is 24.5. The van der Waals surface area contributed by atoms with Crippen LogP contribution in [0.2, 0.25) is 0 Å². The molecule has 0 radical (unpaired) electrons. The zero-order chi connectivity index (χ0) is 15.1. The highest BCUT2D eigenvalue weighted by atomic mass is 16.3. The molecule has 3 aliphatic heterocycles. The minimum absolute atomic E-state index is 0.00546. The summed E-state index contributed by atoms with van der Waals surface area (Å²) in [6.45, 7) is 6.91. The van der Waals surface area contributed by atoms with Crippen molar-refractivity contribution in [3.8, 4) is 0 Å². The molecular weight excluding hydrogens is 272 g/mol. The van der Waals surface area contributed by atoms with Crippen LogP contribution < -0.4 is 5.73 Å². The average Bonchev–Trinajstić information content (AvgIpc) is 3.26. The zero-order valence-electron chi connectivity index (χ0n) is 12.1. The average molecular weight is 292 g/mol. The molecule has 7 heteroatoms. The van der Waals surface area contributed by atoms with Gasteiger partial charge < -0.3 is 25.5 Å². The van der Waals surface area contributed by atoms with Crippen LogP contribution in [-0.2, 0) is 9.59 Å². The minimum Gasteiger partial charge on any atom is -0.379 e. The van der Waals surface area contributed by atoms with Gasteiger partial charge in [0.15, 0.2) is 0 Å². The monoisotopic (exact) mass is 292 g/mol. The van der Waals surface area contributed by atoms with Gasteiger partial charge in [0.25, 0.3) is 0 Å². The number of hydrogen-bond donors (Lipinski definition) is 2. The Bertz CT molecular complexity index is 538. The Kier molecular flexibility index (Phi) is 3.46. The molecule has 114 valence electrons. The molecule has 0 amide bonds. The van der Waals surface area contributed by atoms with Crippen molar-refractivity contribution >= 4 is 11.6 Å². The summed E-state index contributed by atoms with van der Waals surface area (Å²) < 4.78 is 0. The third kappa shape index (κ3) is 3.08. The van der Waals surface area contributed by atoms with E-state index in [2.05, 4.69) is 5.73 Å². The third-order valence-electron chi connectivity index (χ3n) is 3.49. The summed E-state index contributed by atoms with van der Waals surface area (Å²) in [7, 11) is 0. The molecule has 1 unspecified atom stereocenters. The number of rotatable bonds is 3. The number of carbonyl (C=O) groups excluding carboxylic acids is 2. The van der Waals surface area contributed by atoms with E-state index in [0.29, 0.717) is 17.1 Å². The Labute approximate surface area is 123 Å². The highest BCUT2D eigenvalue weighted by Crippen LogP contribution is 2.33. The number of nitrogens with two attached hydrogens (primary N) is 1. The van der Waals surface area contributed by atoms with Crippen LogP contribution in [-0.4, -0.2) is 76.9 Å². The maximum absolute atomic E-state index is 12.4. The third-order valence-corrected chi connectivity index (χ3v) is 3.49. The fraction of sp³-hybridized carbons (Fsp3) is 0.571. The Morgan fingerprint density at radius 1 is 1.00 bits per heavy atom. The summed E-state index contributed by atoms with van der Waals surface area (Å²) >= 11 is 0. The van der Waals surface area contributed by atoms with Crippen molar-refractivity contribution in [3.63, 3.8) is 0 Å². The Balaban J connectivity index is 0.000000298. The van der Waals surface area contributed by atoms with Crippen molar-refractivity contribution in [2.24, 2.45) is 5.73 Å². The van der Waals surface area contributed by atoms with Gasteiger partial charge in [-0.1, -0.05) is 0 Å². The summed E-state index contributed by atoms with van der Waals surface area (Å²) in [5.74, 6) is 0.0485. The van der Waals surface area contributed by atoms with E-state index in [1.54, 1.807) is 0 Å². The maximum atomic E-state index is 12.4. The van der Waals surface area contributed by atoms with E-state index >= 15 is 0 Å². The molecule has 0 spiro atoms. The minimum atomic E-state index is -0.667. The molecule has 21 heavy (non-hydrogen) atoms. The van der Waals surface area contributed by atoms with Crippen LogP contribution in [0.1, 0.15) is 6.92 Å². The van der Waals surface area contributed by atoms with E-state index < -0.39 is 6.23 Å². The smallest absolute Gasteiger partial charge is 0.227 e. The topological polar surface area (TPSA) is 89.4 Å². The molecular formula is C14H20N4O3. The summed E-state index contributed by atoms with van der Waals surface area (Å²) in [5, 5.41) is 7.83. The molecule has 0 aromatic heterocycles. The highest BCUT2D eigenvalue weighted by molar-refractivity contribution is 6.22. The van der Waals surface area contributed by atoms with Crippen LogP contribution in [0.25, 0.3) is 0 Å². The van der Waals surface area contributed by atoms with Gasteiger partial charge in [0, 0.05) is 45.3 Å². The number of nitrogens with zero attached hydrogens (tertiary/aromatic N) is 3. The number of Topliss-reactive ketones (excluding diaryl/α,β-unsaturated/α-hetero) is 1. The molecule has 4 rings (SSSR count). The van der Waals surface area contributed by atoms with Gasteiger partial charge in [-0.25, -0.2) is 0 Å². The van der Waals surface area contributed by atoms with Crippen LogP contribution in [0.5, 0.6) is 0 Å². The summed E-state index contributed by atoms with van der Waals surface area (Å²) in [6, 6.07) is 0. The molecule has 3 fully saturated rings. The second-order valence-electron chi connectivity index (χ2n) is 5.62. The SMILES string of the molecule is CC(N)O.O=C1C=C(N2CC2)C(=O)C(N2CC2)=C1N1CC1. The van der Waals surface area contributed by atoms with Crippen molar-refractivity contribution in [1.29, 1.82) is 0 Å². The molecule has 4 aliphatic rings. The molecule has 0 saturated carbocycles. The maximum Gasteiger partial charge on any atom is 0.227 e. The van der Waals surface area contributed by atoms with Crippen LogP contribution >= 0.6 is 0 Å². The van der Waals surface area contributed by atoms with Crippen LogP contribution in [0.4, 0.5) is 0 Å². The van der Waals surface area contributed by atoms with Crippen LogP contribution in [0.3, 0.4) is 0 Å². The lowest BCUT2D eigenvalue weighted by Gasteiger charge is -2.21. The van der Waals surface area contributed by atoms with Crippen LogP contribution in [0, 0.1) is 0 Å². The first kappa shape index (κ1) is 14.1. The lowest BCUT2D eigenvalue weighted by atomic mass is 10.0. The van der Waals surface area contributed by atoms with E-state index in [1.165, 1.54) is 13.0 Å². The van der Waals surface area contributed by atoms with Gasteiger partial charge in [-0.3, -0.25) is 9.59 Å². The number of carbonyl (C=O) groups is 2. The lowest BCUT2D eigenvalue weighted by molar-refractivity contribution is -0.117. The second kappa shape index (κ2) is 5.16. The Hall–Kier alpha value is -1.86. The largest absolute Gasteiger partial charge is 0.379 e. The van der Waals surface area contributed by atoms with E-state index in [0.717, 1.165) is 39.3 Å². The van der Waals surface area contributed by atoms with Gasteiger partial charge in [0.1, 0.15) is 11.4 Å². The van der Waals surface area contributed by atoms with Gasteiger partial charge in [0.2, 0.25) is 11.6 Å². The van der Waals surface area contributed by atoms with Gasteiger partial charge in [0.05, 0.1) is 11.9 Å². The van der Waals surface area contributed by atoms with Crippen molar-refractivity contribution in [2.75, 3.05) is 39.3 Å². The summed E-state index contributed by atoms with van der Waals surface area (Å²) in [4.78, 5) is 30.5. The van der Waals surface area contributed by atoms with Crippen molar-refractivity contribution in [3.05, 3.63) is 23.2 Å². The van der Waals surface area contributed by atoms with E-state index in [4.69, 9.17) is 5.11 Å². The zero-order valence-corrected chi connectivity index (χ0v) is 12.1. The summed E-state index contributed by atoms with van der Waals surface area (Å²) in [6.07, 6.45) is 0.857. The van der Waals surface area contributed by atoms with Crippen molar-refractivity contribution < 1.29 is 14.7 Å². The highest BCUT2D eigenvalue weighted by Gasteiger charge is 2.43. The molecule has 0 bridgehead atoms. The fourth-order valence-corrected chi connectivity index (χ4v) is 2.28.